The van der Waals surface area contributed by atoms with Gasteiger partial charge in [0.05, 0.1) is 12.8 Å². The van der Waals surface area contributed by atoms with Crippen molar-refractivity contribution >= 4 is 5.97 Å². The SMILES string of the molecule is COC(=O)C(C)=CCN(C)Cc1ccccn1. The van der Waals surface area contributed by atoms with Crippen molar-refractivity contribution in [2.75, 3.05) is 20.7 Å². The minimum atomic E-state index is -0.281. The van der Waals surface area contributed by atoms with Crippen molar-refractivity contribution in [2.45, 2.75) is 13.5 Å². The van der Waals surface area contributed by atoms with E-state index in [2.05, 4.69) is 14.6 Å². The van der Waals surface area contributed by atoms with Crippen molar-refractivity contribution in [3.63, 3.8) is 0 Å². The lowest BCUT2D eigenvalue weighted by Crippen LogP contribution is -2.19. The average molecular weight is 234 g/mol. The Kier molecular flexibility index (Phi) is 5.36. The summed E-state index contributed by atoms with van der Waals surface area (Å²) in [4.78, 5) is 17.5. The third-order valence-electron chi connectivity index (χ3n) is 2.37. The molecule has 0 atom stereocenters. The van der Waals surface area contributed by atoms with Gasteiger partial charge in [0.25, 0.3) is 0 Å². The number of carbonyl (C=O) groups is 1. The number of methoxy groups -OCH3 is 1. The Labute approximate surface area is 102 Å². The topological polar surface area (TPSA) is 42.4 Å². The number of esters is 1. The summed E-state index contributed by atoms with van der Waals surface area (Å²) >= 11 is 0. The van der Waals surface area contributed by atoms with Gasteiger partial charge in [-0.3, -0.25) is 9.88 Å². The van der Waals surface area contributed by atoms with Crippen molar-refractivity contribution in [2.24, 2.45) is 0 Å². The predicted molar refractivity (Wildman–Crippen MR) is 66.3 cm³/mol. The summed E-state index contributed by atoms with van der Waals surface area (Å²) in [6.07, 6.45) is 3.63. The van der Waals surface area contributed by atoms with Crippen molar-refractivity contribution in [1.82, 2.24) is 9.88 Å². The number of carbonyl (C=O) groups excluding carboxylic acids is 1. The van der Waals surface area contributed by atoms with Gasteiger partial charge in [0.15, 0.2) is 0 Å². The van der Waals surface area contributed by atoms with E-state index in [4.69, 9.17) is 0 Å². The van der Waals surface area contributed by atoms with E-state index in [1.165, 1.54) is 7.11 Å². The van der Waals surface area contributed by atoms with Crippen molar-refractivity contribution < 1.29 is 9.53 Å². The van der Waals surface area contributed by atoms with Gasteiger partial charge in [0, 0.05) is 24.9 Å². The molecule has 4 nitrogen and oxygen atoms in total. The molecule has 0 fully saturated rings. The van der Waals surface area contributed by atoms with Gasteiger partial charge in [-0.2, -0.15) is 0 Å². The Hall–Kier alpha value is -1.68. The van der Waals surface area contributed by atoms with E-state index in [0.29, 0.717) is 12.1 Å². The first-order chi connectivity index (χ1) is 8.13. The third kappa shape index (κ3) is 4.78. The summed E-state index contributed by atoms with van der Waals surface area (Å²) in [5.74, 6) is -0.281. The first-order valence-corrected chi connectivity index (χ1v) is 5.47. The molecule has 0 N–H and O–H groups in total. The van der Waals surface area contributed by atoms with Gasteiger partial charge in [-0.05, 0) is 26.1 Å². The molecular weight excluding hydrogens is 216 g/mol. The smallest absolute Gasteiger partial charge is 0.333 e. The highest BCUT2D eigenvalue weighted by atomic mass is 16.5. The lowest BCUT2D eigenvalue weighted by atomic mass is 10.2. The molecule has 0 unspecified atom stereocenters. The maximum atomic E-state index is 11.2. The highest BCUT2D eigenvalue weighted by Crippen LogP contribution is 2.01. The highest BCUT2D eigenvalue weighted by Gasteiger charge is 2.04. The Morgan fingerprint density at radius 2 is 2.29 bits per heavy atom. The van der Waals surface area contributed by atoms with Crippen LogP contribution in [-0.2, 0) is 16.1 Å². The van der Waals surface area contributed by atoms with E-state index in [0.717, 1.165) is 12.2 Å². The van der Waals surface area contributed by atoms with E-state index < -0.39 is 0 Å². The van der Waals surface area contributed by atoms with Crippen LogP contribution in [0, 0.1) is 0 Å². The Morgan fingerprint density at radius 3 is 2.88 bits per heavy atom. The van der Waals surface area contributed by atoms with E-state index >= 15 is 0 Å². The van der Waals surface area contributed by atoms with Crippen LogP contribution in [0.1, 0.15) is 12.6 Å². The number of hydrogen-bond acceptors (Lipinski definition) is 4. The van der Waals surface area contributed by atoms with Gasteiger partial charge in [-0.1, -0.05) is 12.1 Å². The van der Waals surface area contributed by atoms with Crippen molar-refractivity contribution in [3.8, 4) is 0 Å². The number of pyridine rings is 1. The first-order valence-electron chi connectivity index (χ1n) is 5.47. The Bertz CT molecular complexity index is 388. The molecule has 0 aromatic carbocycles. The number of hydrogen-bond donors (Lipinski definition) is 0. The molecule has 1 aromatic heterocycles. The molecule has 17 heavy (non-hydrogen) atoms. The summed E-state index contributed by atoms with van der Waals surface area (Å²) < 4.78 is 4.62. The molecule has 0 radical (unpaired) electrons. The molecule has 0 saturated carbocycles. The monoisotopic (exact) mass is 234 g/mol. The zero-order chi connectivity index (χ0) is 12.7. The van der Waals surface area contributed by atoms with E-state index in [1.54, 1.807) is 13.1 Å². The zero-order valence-corrected chi connectivity index (χ0v) is 10.5. The van der Waals surface area contributed by atoms with Crippen LogP contribution in [0.15, 0.2) is 36.0 Å². The number of aromatic nitrogens is 1. The molecule has 1 rings (SSSR count). The fourth-order valence-corrected chi connectivity index (χ4v) is 1.37. The molecule has 1 aromatic rings. The Morgan fingerprint density at radius 1 is 1.53 bits per heavy atom. The van der Waals surface area contributed by atoms with Gasteiger partial charge >= 0.3 is 5.97 Å². The molecule has 92 valence electrons. The number of likely N-dealkylation sites (N-methyl/N-ethyl adjacent to an activating group) is 1. The van der Waals surface area contributed by atoms with Crippen LogP contribution in [-0.4, -0.2) is 36.6 Å². The van der Waals surface area contributed by atoms with Crippen molar-refractivity contribution in [1.29, 1.82) is 0 Å². The maximum absolute atomic E-state index is 11.2. The van der Waals surface area contributed by atoms with Crippen LogP contribution in [0.5, 0.6) is 0 Å². The van der Waals surface area contributed by atoms with Crippen molar-refractivity contribution in [3.05, 3.63) is 41.7 Å². The lowest BCUT2D eigenvalue weighted by Gasteiger charge is -2.13. The van der Waals surface area contributed by atoms with Crippen LogP contribution in [0.4, 0.5) is 0 Å². The largest absolute Gasteiger partial charge is 0.466 e. The molecule has 0 spiro atoms. The number of nitrogens with zero attached hydrogens (tertiary/aromatic N) is 2. The minimum Gasteiger partial charge on any atom is -0.466 e. The maximum Gasteiger partial charge on any atom is 0.333 e. The van der Waals surface area contributed by atoms with E-state index in [1.807, 2.05) is 31.3 Å². The van der Waals surface area contributed by atoms with Crippen LogP contribution < -0.4 is 0 Å². The summed E-state index contributed by atoms with van der Waals surface area (Å²) in [5.41, 5.74) is 1.64. The van der Waals surface area contributed by atoms with Gasteiger partial charge in [-0.15, -0.1) is 0 Å². The van der Waals surface area contributed by atoms with Crippen LogP contribution in [0.3, 0.4) is 0 Å². The van der Waals surface area contributed by atoms with Gasteiger partial charge < -0.3 is 4.74 Å². The summed E-state index contributed by atoms with van der Waals surface area (Å²) in [7, 11) is 3.37. The summed E-state index contributed by atoms with van der Waals surface area (Å²) in [6.45, 7) is 3.20. The summed E-state index contributed by atoms with van der Waals surface area (Å²) in [6, 6.07) is 5.84. The zero-order valence-electron chi connectivity index (χ0n) is 10.5. The highest BCUT2D eigenvalue weighted by molar-refractivity contribution is 5.87. The summed E-state index contributed by atoms with van der Waals surface area (Å²) in [5, 5.41) is 0. The quantitative estimate of drug-likeness (QED) is 0.573. The third-order valence-corrected chi connectivity index (χ3v) is 2.37. The van der Waals surface area contributed by atoms with Gasteiger partial charge in [0.1, 0.15) is 0 Å². The molecular formula is C13H18N2O2. The Balaban J connectivity index is 2.45. The van der Waals surface area contributed by atoms with Gasteiger partial charge in [0.2, 0.25) is 0 Å². The first kappa shape index (κ1) is 13.4. The molecule has 0 bridgehead atoms. The van der Waals surface area contributed by atoms with Crippen LogP contribution >= 0.6 is 0 Å². The molecule has 0 aliphatic carbocycles. The molecule has 4 heteroatoms. The lowest BCUT2D eigenvalue weighted by molar-refractivity contribution is -0.136. The fourth-order valence-electron chi connectivity index (χ4n) is 1.37. The standard InChI is InChI=1S/C13H18N2O2/c1-11(13(16)17-3)7-9-15(2)10-12-6-4-5-8-14-12/h4-8H,9-10H2,1-3H3. The normalized spacial score (nSPS) is 11.6. The second kappa shape index (κ2) is 6.81. The van der Waals surface area contributed by atoms with E-state index in [9.17, 15) is 4.79 Å². The number of rotatable bonds is 5. The minimum absolute atomic E-state index is 0.281. The molecule has 1 heterocycles. The van der Waals surface area contributed by atoms with Crippen LogP contribution in [0.2, 0.25) is 0 Å². The molecule has 0 amide bonds. The molecule has 0 aliphatic rings. The fraction of sp³-hybridized carbons (Fsp3) is 0.385. The average Bonchev–Trinajstić information content (AvgIpc) is 2.36. The molecule has 0 aliphatic heterocycles. The number of ether oxygens (including phenoxy) is 1. The predicted octanol–water partition coefficient (Wildman–Crippen LogP) is 1.63. The second-order valence-electron chi connectivity index (χ2n) is 3.90. The second-order valence-corrected chi connectivity index (χ2v) is 3.90. The van der Waals surface area contributed by atoms with Crippen LogP contribution in [0.25, 0.3) is 0 Å². The van der Waals surface area contributed by atoms with Gasteiger partial charge in [-0.25, -0.2) is 4.79 Å². The molecule has 0 saturated heterocycles. The van der Waals surface area contributed by atoms with E-state index in [-0.39, 0.29) is 5.97 Å².